The van der Waals surface area contributed by atoms with Gasteiger partial charge in [0.1, 0.15) is 5.82 Å². The van der Waals surface area contributed by atoms with Crippen molar-refractivity contribution in [2.75, 3.05) is 11.6 Å². The lowest BCUT2D eigenvalue weighted by atomic mass is 10.1. The predicted molar refractivity (Wildman–Crippen MR) is 90.2 cm³/mol. The third-order valence-corrected chi connectivity index (χ3v) is 4.03. The number of nitrogens with zero attached hydrogens (tertiary/aromatic N) is 2. The molecule has 24 heavy (non-hydrogen) atoms. The molecule has 0 bridgehead atoms. The number of nitrogens with one attached hydrogen (secondary N) is 1. The summed E-state index contributed by atoms with van der Waals surface area (Å²) >= 11 is 1.64. The molecule has 1 N–H and O–H groups in total. The zero-order chi connectivity index (χ0) is 16.9. The van der Waals surface area contributed by atoms with Crippen molar-refractivity contribution in [3.63, 3.8) is 0 Å². The van der Waals surface area contributed by atoms with E-state index in [1.807, 2.05) is 30.5 Å². The van der Waals surface area contributed by atoms with Crippen molar-refractivity contribution in [2.24, 2.45) is 0 Å². The molecule has 0 aliphatic carbocycles. The fourth-order valence-corrected chi connectivity index (χ4v) is 2.48. The van der Waals surface area contributed by atoms with E-state index in [-0.39, 0.29) is 24.2 Å². The summed E-state index contributed by atoms with van der Waals surface area (Å²) < 4.78 is 18.3. The van der Waals surface area contributed by atoms with Gasteiger partial charge in [-0.25, -0.2) is 4.39 Å². The first-order valence-electron chi connectivity index (χ1n) is 7.16. The van der Waals surface area contributed by atoms with E-state index in [0.717, 1.165) is 10.5 Å². The van der Waals surface area contributed by atoms with Gasteiger partial charge in [-0.3, -0.25) is 10.1 Å². The van der Waals surface area contributed by atoms with Crippen LogP contribution in [0.2, 0.25) is 0 Å². The van der Waals surface area contributed by atoms with Crippen molar-refractivity contribution in [3.8, 4) is 11.5 Å². The molecule has 1 aromatic heterocycles. The molecule has 0 aliphatic heterocycles. The number of rotatable bonds is 5. The molecule has 0 spiro atoms. The summed E-state index contributed by atoms with van der Waals surface area (Å²) in [5.74, 6) is -0.317. The Hall–Kier alpha value is -2.67. The molecular formula is C17H14FN3O2S. The molecule has 0 aliphatic rings. The Kier molecular flexibility index (Phi) is 4.90. The van der Waals surface area contributed by atoms with Gasteiger partial charge in [-0.2, -0.15) is 0 Å². The monoisotopic (exact) mass is 343 g/mol. The second kappa shape index (κ2) is 7.27. The van der Waals surface area contributed by atoms with Crippen LogP contribution in [-0.4, -0.2) is 22.4 Å². The van der Waals surface area contributed by atoms with E-state index in [1.54, 1.807) is 23.9 Å². The average molecular weight is 343 g/mol. The topological polar surface area (TPSA) is 68.0 Å². The van der Waals surface area contributed by atoms with Crippen LogP contribution in [0.15, 0.2) is 57.8 Å². The van der Waals surface area contributed by atoms with Gasteiger partial charge in [0, 0.05) is 10.5 Å². The van der Waals surface area contributed by atoms with Gasteiger partial charge in [-0.15, -0.1) is 16.9 Å². The van der Waals surface area contributed by atoms with Crippen LogP contribution in [0, 0.1) is 5.82 Å². The number of anilines is 1. The van der Waals surface area contributed by atoms with Gasteiger partial charge < -0.3 is 4.42 Å². The van der Waals surface area contributed by atoms with Crippen molar-refractivity contribution >= 4 is 23.7 Å². The molecule has 1 heterocycles. The summed E-state index contributed by atoms with van der Waals surface area (Å²) in [5, 5.41) is 10.3. The van der Waals surface area contributed by atoms with Crippen molar-refractivity contribution in [3.05, 3.63) is 59.9 Å². The first-order chi connectivity index (χ1) is 11.6. The van der Waals surface area contributed by atoms with Gasteiger partial charge in [0.25, 0.3) is 0 Å². The summed E-state index contributed by atoms with van der Waals surface area (Å²) in [6, 6.07) is 13.4. The molecule has 122 valence electrons. The highest BCUT2D eigenvalue weighted by Crippen LogP contribution is 2.23. The molecule has 0 radical (unpaired) electrons. The molecule has 3 aromatic rings. The second-order valence-corrected chi connectivity index (χ2v) is 5.87. The summed E-state index contributed by atoms with van der Waals surface area (Å²) in [6.45, 7) is 0. The molecule has 5 nitrogen and oxygen atoms in total. The molecule has 0 saturated heterocycles. The van der Waals surface area contributed by atoms with Crippen LogP contribution in [0.4, 0.5) is 10.4 Å². The molecule has 2 aromatic carbocycles. The Morgan fingerprint density at radius 2 is 1.83 bits per heavy atom. The van der Waals surface area contributed by atoms with Crippen LogP contribution in [-0.2, 0) is 11.2 Å². The van der Waals surface area contributed by atoms with Crippen LogP contribution in [0.1, 0.15) is 5.56 Å². The third-order valence-electron chi connectivity index (χ3n) is 3.29. The lowest BCUT2D eigenvalue weighted by Crippen LogP contribution is -2.14. The van der Waals surface area contributed by atoms with Crippen molar-refractivity contribution < 1.29 is 13.6 Å². The fraction of sp³-hybridized carbons (Fsp3) is 0.118. The van der Waals surface area contributed by atoms with Gasteiger partial charge in [-0.1, -0.05) is 17.2 Å². The largest absolute Gasteiger partial charge is 0.403 e. The fourth-order valence-electron chi connectivity index (χ4n) is 2.08. The van der Waals surface area contributed by atoms with Gasteiger partial charge in [0.15, 0.2) is 0 Å². The summed E-state index contributed by atoms with van der Waals surface area (Å²) in [7, 11) is 0. The minimum Gasteiger partial charge on any atom is -0.403 e. The van der Waals surface area contributed by atoms with Crippen molar-refractivity contribution in [1.82, 2.24) is 10.2 Å². The van der Waals surface area contributed by atoms with E-state index in [4.69, 9.17) is 4.42 Å². The van der Waals surface area contributed by atoms with Gasteiger partial charge in [-0.05, 0) is 48.2 Å². The molecule has 0 atom stereocenters. The highest BCUT2D eigenvalue weighted by molar-refractivity contribution is 7.98. The molecule has 1 amide bonds. The predicted octanol–water partition coefficient (Wildman–Crippen LogP) is 3.78. The highest BCUT2D eigenvalue weighted by Gasteiger charge is 2.12. The highest BCUT2D eigenvalue weighted by atomic mass is 32.2. The van der Waals surface area contributed by atoms with E-state index in [1.165, 1.54) is 12.1 Å². The molecule has 7 heteroatoms. The van der Waals surface area contributed by atoms with Crippen LogP contribution in [0.5, 0.6) is 0 Å². The van der Waals surface area contributed by atoms with E-state index < -0.39 is 0 Å². The number of thioether (sulfide) groups is 1. The Morgan fingerprint density at radius 3 is 2.50 bits per heavy atom. The number of carbonyl (C=O) groups is 1. The normalized spacial score (nSPS) is 10.6. The number of amides is 1. The van der Waals surface area contributed by atoms with Crippen molar-refractivity contribution in [1.29, 1.82) is 0 Å². The minimum absolute atomic E-state index is 0.0334. The van der Waals surface area contributed by atoms with E-state index >= 15 is 0 Å². The number of halogens is 1. The maximum atomic E-state index is 12.8. The lowest BCUT2D eigenvalue weighted by Gasteiger charge is -2.01. The number of benzene rings is 2. The average Bonchev–Trinajstić information content (AvgIpc) is 3.05. The Bertz CT molecular complexity index is 832. The molecular weight excluding hydrogens is 329 g/mol. The first kappa shape index (κ1) is 16.2. The van der Waals surface area contributed by atoms with E-state index in [0.29, 0.717) is 11.5 Å². The molecule has 0 fully saturated rings. The maximum absolute atomic E-state index is 12.8. The Morgan fingerprint density at radius 1 is 1.12 bits per heavy atom. The zero-order valence-corrected chi connectivity index (χ0v) is 13.6. The first-order valence-corrected chi connectivity index (χ1v) is 8.39. The summed E-state index contributed by atoms with van der Waals surface area (Å²) in [4.78, 5) is 13.1. The maximum Gasteiger partial charge on any atom is 0.322 e. The van der Waals surface area contributed by atoms with Gasteiger partial charge in [0.2, 0.25) is 11.8 Å². The molecule has 0 saturated carbocycles. The van der Waals surface area contributed by atoms with Gasteiger partial charge >= 0.3 is 6.01 Å². The van der Waals surface area contributed by atoms with Crippen LogP contribution in [0.3, 0.4) is 0 Å². The van der Waals surface area contributed by atoms with E-state index in [2.05, 4.69) is 15.5 Å². The lowest BCUT2D eigenvalue weighted by molar-refractivity contribution is -0.115. The Labute approximate surface area is 142 Å². The smallest absolute Gasteiger partial charge is 0.322 e. The van der Waals surface area contributed by atoms with E-state index in [9.17, 15) is 9.18 Å². The van der Waals surface area contributed by atoms with Crippen molar-refractivity contribution in [2.45, 2.75) is 11.3 Å². The Balaban J connectivity index is 1.64. The SMILES string of the molecule is CSc1ccc(-c2nnc(NC(=O)Cc3ccc(F)cc3)o2)cc1. The standard InChI is InChI=1S/C17H14FN3O2S/c1-24-14-8-4-12(5-9-14)16-20-21-17(23-16)19-15(22)10-11-2-6-13(18)7-3-11/h2-9H,10H2,1H3,(H,19,21,22). The summed E-state index contributed by atoms with van der Waals surface area (Å²) in [5.41, 5.74) is 1.47. The molecule has 0 unspecified atom stereocenters. The van der Waals surface area contributed by atoms with Crippen LogP contribution >= 0.6 is 11.8 Å². The second-order valence-electron chi connectivity index (χ2n) is 4.99. The van der Waals surface area contributed by atoms with Gasteiger partial charge in [0.05, 0.1) is 6.42 Å². The van der Waals surface area contributed by atoms with Crippen LogP contribution in [0.25, 0.3) is 11.5 Å². The number of hydrogen-bond acceptors (Lipinski definition) is 5. The number of carbonyl (C=O) groups excluding carboxylic acids is 1. The molecule has 3 rings (SSSR count). The third kappa shape index (κ3) is 3.99. The quantitative estimate of drug-likeness (QED) is 0.714. The van der Waals surface area contributed by atoms with Crippen LogP contribution < -0.4 is 5.32 Å². The number of hydrogen-bond donors (Lipinski definition) is 1. The minimum atomic E-state index is -0.340. The number of aromatic nitrogens is 2. The zero-order valence-electron chi connectivity index (χ0n) is 12.8. The summed E-state index contributed by atoms with van der Waals surface area (Å²) in [6.07, 6.45) is 2.09.